The van der Waals surface area contributed by atoms with E-state index in [9.17, 15) is 13.2 Å². The molecule has 1 N–H and O–H groups in total. The number of thioether (sulfide) groups is 1. The molecule has 0 saturated heterocycles. The van der Waals surface area contributed by atoms with Gasteiger partial charge in [0.1, 0.15) is 5.82 Å². The molecule has 1 aromatic carbocycles. The lowest BCUT2D eigenvalue weighted by Gasteiger charge is -2.23. The molecular weight excluding hydrogens is 408 g/mol. The monoisotopic (exact) mass is 436 g/mol. The van der Waals surface area contributed by atoms with Crippen LogP contribution in [0.15, 0.2) is 29.2 Å². The van der Waals surface area contributed by atoms with E-state index < -0.39 is 10.0 Å². The van der Waals surface area contributed by atoms with Crippen molar-refractivity contribution >= 4 is 33.5 Å². The van der Waals surface area contributed by atoms with Crippen LogP contribution in [0, 0.1) is 0 Å². The second-order valence-electron chi connectivity index (χ2n) is 7.92. The fraction of sp³-hybridized carbons (Fsp3) is 0.500. The number of fused-ring (bicyclic) bond motifs is 1. The van der Waals surface area contributed by atoms with Crippen LogP contribution < -0.4 is 5.32 Å². The average molecular weight is 437 g/mol. The van der Waals surface area contributed by atoms with Crippen molar-refractivity contribution in [2.75, 3.05) is 18.4 Å². The van der Waals surface area contributed by atoms with Crippen molar-refractivity contribution in [3.63, 3.8) is 0 Å². The van der Waals surface area contributed by atoms with E-state index in [1.54, 1.807) is 37.7 Å². The first-order valence-electron chi connectivity index (χ1n) is 9.70. The van der Waals surface area contributed by atoms with Gasteiger partial charge in [-0.3, -0.25) is 4.79 Å². The number of amides is 1. The second-order valence-corrected chi connectivity index (χ2v) is 10.8. The molecule has 0 atom stereocenters. The molecule has 9 heteroatoms. The number of carbonyl (C=O) groups is 1. The standard InChI is InChI=1S/C20H28N4O3S2/c1-6-23(7-2)29(26,27)15-10-8-14(9-11-15)19(25)21-18-16-12-28-13-17(16)22-24(18)20(3,4)5/h8-11H,6-7,12-13H2,1-5H3,(H,21,25). The third-order valence-electron chi connectivity index (χ3n) is 4.88. The van der Waals surface area contributed by atoms with Crippen LogP contribution in [-0.2, 0) is 27.1 Å². The molecule has 0 fully saturated rings. The van der Waals surface area contributed by atoms with Gasteiger partial charge in [0.05, 0.1) is 16.1 Å². The maximum atomic E-state index is 12.9. The highest BCUT2D eigenvalue weighted by atomic mass is 32.2. The van der Waals surface area contributed by atoms with Crippen LogP contribution in [0.3, 0.4) is 0 Å². The summed E-state index contributed by atoms with van der Waals surface area (Å²) in [6.07, 6.45) is 0. The number of carbonyl (C=O) groups excluding carboxylic acids is 1. The molecule has 2 aromatic rings. The average Bonchev–Trinajstić information content (AvgIpc) is 3.25. The predicted molar refractivity (Wildman–Crippen MR) is 117 cm³/mol. The molecule has 0 radical (unpaired) electrons. The van der Waals surface area contributed by atoms with Gasteiger partial charge < -0.3 is 5.32 Å². The summed E-state index contributed by atoms with van der Waals surface area (Å²) in [5.41, 5.74) is 2.23. The van der Waals surface area contributed by atoms with Gasteiger partial charge in [-0.15, -0.1) is 0 Å². The molecule has 0 bridgehead atoms. The lowest BCUT2D eigenvalue weighted by atomic mass is 10.1. The highest BCUT2D eigenvalue weighted by Crippen LogP contribution is 2.37. The van der Waals surface area contributed by atoms with Crippen LogP contribution in [0.4, 0.5) is 5.82 Å². The first-order valence-corrected chi connectivity index (χ1v) is 12.3. The van der Waals surface area contributed by atoms with Crippen LogP contribution in [0.25, 0.3) is 0 Å². The van der Waals surface area contributed by atoms with E-state index in [4.69, 9.17) is 0 Å². The number of aromatic nitrogens is 2. The van der Waals surface area contributed by atoms with E-state index in [1.165, 1.54) is 16.4 Å². The quantitative estimate of drug-likeness (QED) is 0.747. The van der Waals surface area contributed by atoms with E-state index in [-0.39, 0.29) is 16.3 Å². The molecule has 1 aliphatic rings. The highest BCUT2D eigenvalue weighted by molar-refractivity contribution is 7.98. The van der Waals surface area contributed by atoms with Gasteiger partial charge in [0.2, 0.25) is 10.0 Å². The van der Waals surface area contributed by atoms with Crippen LogP contribution in [0.5, 0.6) is 0 Å². The van der Waals surface area contributed by atoms with E-state index in [2.05, 4.69) is 10.4 Å². The molecular formula is C20H28N4O3S2. The van der Waals surface area contributed by atoms with Crippen molar-refractivity contribution in [2.24, 2.45) is 0 Å². The maximum Gasteiger partial charge on any atom is 0.256 e. The smallest absolute Gasteiger partial charge is 0.256 e. The zero-order valence-corrected chi connectivity index (χ0v) is 19.2. The number of nitrogens with zero attached hydrogens (tertiary/aromatic N) is 3. The summed E-state index contributed by atoms with van der Waals surface area (Å²) in [4.78, 5) is 13.1. The SMILES string of the molecule is CCN(CC)S(=O)(=O)c1ccc(C(=O)Nc2c3c(nn2C(C)(C)C)CSC3)cc1. The van der Waals surface area contributed by atoms with Gasteiger partial charge in [0.15, 0.2) is 0 Å². The Morgan fingerprint density at radius 3 is 2.34 bits per heavy atom. The summed E-state index contributed by atoms with van der Waals surface area (Å²) in [5.74, 6) is 2.12. The number of hydrogen-bond acceptors (Lipinski definition) is 5. The van der Waals surface area contributed by atoms with Crippen LogP contribution in [0.2, 0.25) is 0 Å². The topological polar surface area (TPSA) is 84.3 Å². The van der Waals surface area contributed by atoms with Crippen LogP contribution in [0.1, 0.15) is 56.2 Å². The minimum atomic E-state index is -3.54. The Balaban J connectivity index is 1.86. The van der Waals surface area contributed by atoms with Gasteiger partial charge in [0.25, 0.3) is 5.91 Å². The fourth-order valence-electron chi connectivity index (χ4n) is 3.30. The Bertz CT molecular complexity index is 1000. The van der Waals surface area contributed by atoms with Gasteiger partial charge in [0, 0.05) is 35.7 Å². The first kappa shape index (κ1) is 21.9. The van der Waals surface area contributed by atoms with Crippen molar-refractivity contribution in [2.45, 2.75) is 56.6 Å². The van der Waals surface area contributed by atoms with E-state index in [0.29, 0.717) is 18.7 Å². The Labute approximate surface area is 176 Å². The third kappa shape index (κ3) is 4.22. The largest absolute Gasteiger partial charge is 0.306 e. The molecule has 0 spiro atoms. The molecule has 1 aliphatic heterocycles. The number of nitrogens with one attached hydrogen (secondary N) is 1. The van der Waals surface area contributed by atoms with Crippen molar-refractivity contribution in [3.8, 4) is 0 Å². The molecule has 29 heavy (non-hydrogen) atoms. The normalized spacial score (nSPS) is 14.3. The molecule has 0 saturated carbocycles. The molecule has 1 amide bonds. The van der Waals surface area contributed by atoms with Crippen LogP contribution >= 0.6 is 11.8 Å². The third-order valence-corrected chi connectivity index (χ3v) is 7.91. The van der Waals surface area contributed by atoms with E-state index >= 15 is 0 Å². The molecule has 2 heterocycles. The van der Waals surface area contributed by atoms with Crippen molar-refractivity contribution in [3.05, 3.63) is 41.1 Å². The molecule has 0 unspecified atom stereocenters. The molecule has 7 nitrogen and oxygen atoms in total. The summed E-state index contributed by atoms with van der Waals surface area (Å²) in [6.45, 7) is 10.6. The number of sulfonamides is 1. The minimum absolute atomic E-state index is 0.190. The maximum absolute atomic E-state index is 12.9. The van der Waals surface area contributed by atoms with Crippen molar-refractivity contribution in [1.82, 2.24) is 14.1 Å². The summed E-state index contributed by atoms with van der Waals surface area (Å²) in [7, 11) is -3.54. The number of hydrogen-bond donors (Lipinski definition) is 1. The lowest BCUT2D eigenvalue weighted by molar-refractivity contribution is 0.102. The minimum Gasteiger partial charge on any atom is -0.306 e. The number of rotatable bonds is 6. The molecule has 1 aromatic heterocycles. The Kier molecular flexibility index (Phi) is 6.12. The molecule has 0 aliphatic carbocycles. The summed E-state index contributed by atoms with van der Waals surface area (Å²) < 4.78 is 28.5. The van der Waals surface area contributed by atoms with E-state index in [1.807, 2.05) is 25.5 Å². The molecule has 3 rings (SSSR count). The fourth-order valence-corrected chi connectivity index (χ4v) is 5.79. The van der Waals surface area contributed by atoms with E-state index in [0.717, 1.165) is 28.6 Å². The lowest BCUT2D eigenvalue weighted by Crippen LogP contribution is -2.30. The van der Waals surface area contributed by atoms with Gasteiger partial charge in [-0.05, 0) is 45.0 Å². The van der Waals surface area contributed by atoms with Crippen molar-refractivity contribution in [1.29, 1.82) is 0 Å². The van der Waals surface area contributed by atoms with Crippen molar-refractivity contribution < 1.29 is 13.2 Å². The summed E-state index contributed by atoms with van der Waals surface area (Å²) in [5, 5.41) is 7.69. The van der Waals surface area contributed by atoms with Gasteiger partial charge in [-0.2, -0.15) is 21.2 Å². The van der Waals surface area contributed by atoms with Crippen LogP contribution in [-0.4, -0.2) is 41.5 Å². The van der Waals surface area contributed by atoms with Gasteiger partial charge in [-0.25, -0.2) is 13.1 Å². The molecule has 158 valence electrons. The summed E-state index contributed by atoms with van der Waals surface area (Å²) >= 11 is 1.78. The zero-order valence-electron chi connectivity index (χ0n) is 17.5. The Morgan fingerprint density at radius 1 is 1.17 bits per heavy atom. The number of anilines is 1. The van der Waals surface area contributed by atoms with Gasteiger partial charge in [-0.1, -0.05) is 13.8 Å². The highest BCUT2D eigenvalue weighted by Gasteiger charge is 2.29. The first-order chi connectivity index (χ1) is 13.6. The van der Waals surface area contributed by atoms with Gasteiger partial charge >= 0.3 is 0 Å². The Morgan fingerprint density at radius 2 is 1.79 bits per heavy atom. The Hall–Kier alpha value is -1.84. The predicted octanol–water partition coefficient (Wildman–Crippen LogP) is 3.67. The number of benzene rings is 1. The summed E-state index contributed by atoms with van der Waals surface area (Å²) in [6, 6.07) is 6.09. The zero-order chi connectivity index (χ0) is 21.4. The second kappa shape index (κ2) is 8.12.